The number of imidazole rings is 1. The van der Waals surface area contributed by atoms with Gasteiger partial charge < -0.3 is 34.8 Å². The molecule has 20 aliphatic carbocycles. The normalized spacial score (nSPS) is 50.4. The van der Waals surface area contributed by atoms with Crippen LogP contribution >= 0.6 is 11.8 Å². The fourth-order valence-corrected chi connectivity index (χ4v) is 44.1. The maximum Gasteiger partial charge on any atom is 0.146 e. The molecule has 0 amide bonds. The zero-order chi connectivity index (χ0) is 97.3. The molecule has 24 rings (SSSR count). The number of carbonyl (C=O) groups excluding carboxylic acids is 1. The van der Waals surface area contributed by atoms with Gasteiger partial charge in [-0.15, -0.1) is 0 Å². The molecule has 4 heterocycles. The highest BCUT2D eigenvalue weighted by atomic mass is 32.2. The summed E-state index contributed by atoms with van der Waals surface area (Å²) in [4.78, 5) is 24.8. The Hall–Kier alpha value is -2.17. The van der Waals surface area contributed by atoms with Gasteiger partial charge in [0.25, 0.3) is 0 Å². The molecule has 0 unspecified atom stereocenters. The Morgan fingerprint density at radius 1 is 0.309 bits per heavy atom. The number of ether oxygens (including phenoxy) is 1. The average Bonchev–Trinajstić information content (AvgIpc) is 1.61. The summed E-state index contributed by atoms with van der Waals surface area (Å²) in [5, 5.41) is 52.9. The van der Waals surface area contributed by atoms with E-state index >= 15 is 0 Å². The topological polar surface area (TPSA) is 155 Å². The van der Waals surface area contributed by atoms with Gasteiger partial charge in [0.1, 0.15) is 5.78 Å². The van der Waals surface area contributed by atoms with E-state index in [1.165, 1.54) is 301 Å². The Labute approximate surface area is 852 Å². The molecule has 0 spiro atoms. The van der Waals surface area contributed by atoms with Crippen molar-refractivity contribution < 1.29 is 35.1 Å². The second kappa shape index (κ2) is 41.5. The van der Waals surface area contributed by atoms with Gasteiger partial charge in [0, 0.05) is 57.6 Å². The fraction of sp³-hybridized carbons (Fsp3) is 0.905. The van der Waals surface area contributed by atoms with E-state index in [0.29, 0.717) is 45.0 Å². The van der Waals surface area contributed by atoms with Gasteiger partial charge in [0.05, 0.1) is 53.3 Å². The Morgan fingerprint density at radius 2 is 0.561 bits per heavy atom. The number of hydrogen-bond acceptors (Lipinski definition) is 12. The minimum atomic E-state index is -0.417. The predicted octanol–water partition coefficient (Wildman–Crippen LogP) is 27.0. The van der Waals surface area contributed by atoms with Crippen LogP contribution in [0, 0.1) is 205 Å². The molecule has 40 atom stereocenters. The number of Topliss-reactive ketones (excluding diaryl/α,β-unsaturated/α-hetero) is 1. The number of allylic oxidation sites excluding steroid dienone is 1. The molecule has 3 aliphatic heterocycles. The zero-order valence-electron chi connectivity index (χ0n) is 90.6. The lowest BCUT2D eigenvalue weighted by Crippen LogP contribution is -2.51. The fourth-order valence-electron chi connectivity index (χ4n) is 43.6. The molecule has 0 aromatic carbocycles. The monoisotopic (exact) mass is 1930 g/mol. The molecule has 1 aromatic rings. The van der Waals surface area contributed by atoms with Crippen molar-refractivity contribution in [3.63, 3.8) is 0 Å². The molecule has 13 heteroatoms. The minimum Gasteiger partial charge on any atom is -0.390 e. The number of aliphatic hydroxyl groups is 5. The van der Waals surface area contributed by atoms with Gasteiger partial charge >= 0.3 is 0 Å². The van der Waals surface area contributed by atoms with Crippen molar-refractivity contribution in [2.24, 2.45) is 205 Å². The van der Waals surface area contributed by atoms with E-state index in [0.717, 1.165) is 276 Å². The SMILES string of the molecule is C=C(CN1CCCC1)[C@H]1CC[C@H]2[C@@H]3CC[C@H]4C[C@](C)(O)CC[C@@H]4[C@H]3CC[C@]12C.C=C(CN1CCCCC1)[C@H]1CC[C@H]2[C@@H]3CC[C@H]4C[C@](C)(O)CC[C@@H]4[C@H]3CC[C@]12C.C=C(CN1CCOCC1)[C@H]1CC[C@H]2[C@@H]3CC[C@H]4C[C@](C)(O)CC[C@@H]4[C@H]3CC[C@]12C.C=C(Cn1ccnc1)[C@H]1CC[C@H]2[C@@H]3CC[C@H]4C[C@](C)(O)CC[C@@H]4[C@H]3CC[C@]12C.CSCC(=O)[C@H]1CC[C@H]2[C@@H]3CC[C@H]4C[C@](C)(O)CC[C@@H]4[C@H]3CC[C@]12C. The van der Waals surface area contributed by atoms with Crippen molar-refractivity contribution in [1.29, 1.82) is 0 Å². The highest BCUT2D eigenvalue weighted by molar-refractivity contribution is 7.99. The third-order valence-electron chi connectivity index (χ3n) is 49.8. The number of aromatic nitrogens is 2. The van der Waals surface area contributed by atoms with E-state index in [1.807, 2.05) is 19.4 Å². The number of morpholine rings is 1. The predicted molar refractivity (Wildman–Crippen MR) is 572 cm³/mol. The molecule has 3 saturated heterocycles. The molecule has 139 heavy (non-hydrogen) atoms. The second-order valence-corrected chi connectivity index (χ2v) is 58.6. The Kier molecular flexibility index (Phi) is 31.1. The van der Waals surface area contributed by atoms with Gasteiger partial charge in [0.15, 0.2) is 0 Å². The summed E-state index contributed by atoms with van der Waals surface area (Å²) < 4.78 is 7.73. The number of rotatable bonds is 15. The molecule has 1 aromatic heterocycles. The van der Waals surface area contributed by atoms with Crippen LogP contribution in [-0.4, -0.2) is 168 Å². The largest absolute Gasteiger partial charge is 0.390 e. The van der Waals surface area contributed by atoms with Crippen LogP contribution in [0.4, 0.5) is 0 Å². The highest BCUT2D eigenvalue weighted by Gasteiger charge is 2.66. The summed E-state index contributed by atoms with van der Waals surface area (Å²) >= 11 is 1.70. The lowest BCUT2D eigenvalue weighted by atomic mass is 9.49. The number of thioether (sulfide) groups is 1. The first-order valence-electron chi connectivity index (χ1n) is 60.4. The molecule has 12 nitrogen and oxygen atoms in total. The van der Waals surface area contributed by atoms with Crippen molar-refractivity contribution >= 4 is 17.5 Å². The lowest BCUT2D eigenvalue weighted by molar-refractivity contribution is -0.130. The summed E-state index contributed by atoms with van der Waals surface area (Å²) in [6, 6.07) is 0. The van der Waals surface area contributed by atoms with Crippen molar-refractivity contribution in [1.82, 2.24) is 24.3 Å². The molecule has 23 fully saturated rings. The number of fused-ring (bicyclic) bond motifs is 25. The van der Waals surface area contributed by atoms with Crippen molar-refractivity contribution in [3.05, 3.63) is 67.3 Å². The Morgan fingerprint density at radius 3 is 0.835 bits per heavy atom. The van der Waals surface area contributed by atoms with E-state index in [2.05, 4.69) is 125 Å². The van der Waals surface area contributed by atoms with Gasteiger partial charge in [-0.05, 0) is 580 Å². The Balaban J connectivity index is 0.000000107. The second-order valence-electron chi connectivity index (χ2n) is 57.7. The molecular weight excluding hydrogens is 1730 g/mol. The van der Waals surface area contributed by atoms with E-state index in [-0.39, 0.29) is 16.6 Å². The van der Waals surface area contributed by atoms with E-state index in [1.54, 1.807) is 22.9 Å². The van der Waals surface area contributed by atoms with Gasteiger partial charge in [-0.2, -0.15) is 11.8 Å². The summed E-state index contributed by atoms with van der Waals surface area (Å²) in [6.45, 7) is 55.4. The number of piperidine rings is 1. The zero-order valence-corrected chi connectivity index (χ0v) is 91.4. The Bertz CT molecular complexity index is 4250. The van der Waals surface area contributed by atoms with Crippen molar-refractivity contribution in [2.45, 2.75) is 425 Å². The average molecular weight is 1930 g/mol. The standard InChI is InChI=1S/C27H45NO.C26H43NO2.C26H43NO.C25H38N2O.C22H36O2S/c1-19(18-28-15-5-4-6-16-28)24-9-10-25-23-8-7-20-17-26(2,29)13-11-21(20)22(23)12-14-27(24,25)3;1-18(17-27-12-14-29-15-13-27)23-6-7-24-22-5-4-19-16-25(2,28)10-8-20(19)21(22)9-11-26(23,24)3;1-18(17-27-14-4-5-15-27)23-8-9-24-22-7-6-19-16-25(2,28)12-10-20(19)21(22)11-13-26(23,24)3;1-17(15-27-13-12-26-16-27)22-6-7-23-21-5-4-18-14-24(2,28)10-8-19(18)20(21)9-11-25(22,23)3;1-21(24)10-8-15-14(12-21)4-5-17-16(15)9-11-22(2)18(17)6-7-19(22)20(23)13-25-3/h20-25,29H,1,4-18H2,2-3H3;19-24,28H,1,4-17H2,2-3H3;19-24,28H,1,4-17H2,2-3H3;12-13,16,18-23,28H,1,4-11,14-15H2,2-3H3;14-19,24H,4-13H2,1-3H3/t20-,21-,22+,23+,24+,25-,26+,27+;2*19-,20-,21+,22+,23+,24-,25+,26+;18-,19-,20+,21+,22+,23-,24+,25+;14-,15-,16+,17+,18-,19+,21+,22-/m00000/s1. The first kappa shape index (κ1) is 104. The van der Waals surface area contributed by atoms with Crippen LogP contribution in [-0.2, 0) is 16.1 Å². The molecule has 0 bridgehead atoms. The molecule has 5 N–H and O–H groups in total. The van der Waals surface area contributed by atoms with Crippen LogP contribution in [0.3, 0.4) is 0 Å². The van der Waals surface area contributed by atoms with Gasteiger partial charge in [-0.3, -0.25) is 19.5 Å². The summed E-state index contributed by atoms with van der Waals surface area (Å²) in [5.74, 6) is 26.6. The number of likely N-dealkylation sites (tertiary alicyclic amines) is 2. The van der Waals surface area contributed by atoms with Crippen LogP contribution in [0.25, 0.3) is 0 Å². The maximum atomic E-state index is 12.7. The summed E-state index contributed by atoms with van der Waals surface area (Å²) in [5.41, 5.74) is 6.32. The number of ketones is 1. The van der Waals surface area contributed by atoms with Crippen molar-refractivity contribution in [3.8, 4) is 0 Å². The van der Waals surface area contributed by atoms with Gasteiger partial charge in [0.2, 0.25) is 0 Å². The third kappa shape index (κ3) is 20.8. The van der Waals surface area contributed by atoms with Crippen LogP contribution in [0.1, 0.15) is 390 Å². The quantitative estimate of drug-likeness (QED) is 0.106. The number of hydrogen-bond donors (Lipinski definition) is 5. The molecular formula is C126H205N5O7S. The maximum absolute atomic E-state index is 12.7. The molecule has 0 radical (unpaired) electrons. The molecule has 20 saturated carbocycles. The lowest BCUT2D eigenvalue weighted by Gasteiger charge is -2.57. The molecule has 782 valence electrons. The van der Waals surface area contributed by atoms with Gasteiger partial charge in [-0.25, -0.2) is 4.98 Å². The van der Waals surface area contributed by atoms with Crippen LogP contribution in [0.2, 0.25) is 0 Å². The first-order valence-corrected chi connectivity index (χ1v) is 61.8. The van der Waals surface area contributed by atoms with E-state index in [9.17, 15) is 30.3 Å². The van der Waals surface area contributed by atoms with E-state index < -0.39 is 16.8 Å². The highest BCUT2D eigenvalue weighted by Crippen LogP contribution is 2.73. The third-order valence-corrected chi connectivity index (χ3v) is 50.4. The minimum absolute atomic E-state index is 0.279. The smallest absolute Gasteiger partial charge is 0.146 e. The number of carbonyl (C=O) groups is 1. The molecule has 23 aliphatic rings. The number of nitrogens with zero attached hydrogens (tertiary/aromatic N) is 5. The van der Waals surface area contributed by atoms with Crippen LogP contribution in [0.15, 0.2) is 67.3 Å². The first-order chi connectivity index (χ1) is 66.3. The van der Waals surface area contributed by atoms with E-state index in [4.69, 9.17) is 4.74 Å². The summed E-state index contributed by atoms with van der Waals surface area (Å²) in [7, 11) is 0. The van der Waals surface area contributed by atoms with Crippen LogP contribution < -0.4 is 0 Å². The van der Waals surface area contributed by atoms with Crippen LogP contribution in [0.5, 0.6) is 0 Å². The van der Waals surface area contributed by atoms with Gasteiger partial charge in [-0.1, -0.05) is 89.6 Å². The van der Waals surface area contributed by atoms with Crippen molar-refractivity contribution in [2.75, 3.05) is 84.1 Å². The summed E-state index contributed by atoms with van der Waals surface area (Å²) in [6.07, 6.45) is 73.2.